The van der Waals surface area contributed by atoms with E-state index in [0.29, 0.717) is 6.42 Å². The number of rotatable bonds is 3. The molecule has 0 radical (unpaired) electrons. The molecule has 1 aliphatic heterocycles. The molecule has 2 rings (SSSR count). The number of likely N-dealkylation sites (tertiary alicyclic amines) is 1. The number of alkyl halides is 3. The maximum atomic E-state index is 12.7. The van der Waals surface area contributed by atoms with Crippen LogP contribution in [0.15, 0.2) is 24.3 Å². The van der Waals surface area contributed by atoms with Gasteiger partial charge in [-0.3, -0.25) is 4.90 Å². The third kappa shape index (κ3) is 3.50. The summed E-state index contributed by atoms with van der Waals surface area (Å²) in [5, 5.41) is 0. The summed E-state index contributed by atoms with van der Waals surface area (Å²) in [5.41, 5.74) is 0.120. The van der Waals surface area contributed by atoms with E-state index in [1.54, 1.807) is 6.07 Å². The highest BCUT2D eigenvalue weighted by atomic mass is 19.4. The lowest BCUT2D eigenvalue weighted by Gasteiger charge is -2.35. The highest BCUT2D eigenvalue weighted by Gasteiger charge is 2.32. The molecule has 0 N–H and O–H groups in total. The van der Waals surface area contributed by atoms with E-state index < -0.39 is 11.7 Å². The summed E-state index contributed by atoms with van der Waals surface area (Å²) in [6, 6.07) is 5.69. The van der Waals surface area contributed by atoms with E-state index in [9.17, 15) is 13.2 Å². The Morgan fingerprint density at radius 2 is 1.74 bits per heavy atom. The fourth-order valence-corrected chi connectivity index (χ4v) is 2.79. The average molecular weight is 271 g/mol. The van der Waals surface area contributed by atoms with Gasteiger partial charge >= 0.3 is 6.18 Å². The summed E-state index contributed by atoms with van der Waals surface area (Å²) >= 11 is 0. The highest BCUT2D eigenvalue weighted by molar-refractivity contribution is 5.27. The van der Waals surface area contributed by atoms with E-state index in [0.717, 1.165) is 24.7 Å². The lowest BCUT2D eigenvalue weighted by molar-refractivity contribution is -0.137. The Bertz CT molecular complexity index is 431. The van der Waals surface area contributed by atoms with Crippen LogP contribution >= 0.6 is 0 Å². The fourth-order valence-electron chi connectivity index (χ4n) is 2.79. The first kappa shape index (κ1) is 14.4. The van der Waals surface area contributed by atoms with Crippen molar-refractivity contribution in [3.63, 3.8) is 0 Å². The van der Waals surface area contributed by atoms with Crippen molar-refractivity contribution in [3.05, 3.63) is 35.4 Å². The summed E-state index contributed by atoms with van der Waals surface area (Å²) < 4.78 is 38.1. The Labute approximate surface area is 112 Å². The normalized spacial score (nSPS) is 17.9. The summed E-state index contributed by atoms with van der Waals surface area (Å²) in [7, 11) is 0. The molecule has 19 heavy (non-hydrogen) atoms. The number of halogens is 3. The van der Waals surface area contributed by atoms with Gasteiger partial charge < -0.3 is 0 Å². The van der Waals surface area contributed by atoms with Gasteiger partial charge in [-0.05, 0) is 57.8 Å². The van der Waals surface area contributed by atoms with Gasteiger partial charge in [-0.1, -0.05) is 18.2 Å². The number of benzene rings is 1. The zero-order chi connectivity index (χ0) is 14.1. The molecule has 1 fully saturated rings. The molecular formula is C15H20F3N. The minimum Gasteiger partial charge on any atom is -0.298 e. The average Bonchev–Trinajstić information content (AvgIpc) is 2.81. The molecule has 0 bridgehead atoms. The van der Waals surface area contributed by atoms with Gasteiger partial charge in [-0.25, -0.2) is 0 Å². The second-order valence-electron chi connectivity index (χ2n) is 5.88. The van der Waals surface area contributed by atoms with Crippen LogP contribution < -0.4 is 0 Å². The highest BCUT2D eigenvalue weighted by Crippen LogP contribution is 2.31. The van der Waals surface area contributed by atoms with Gasteiger partial charge in [-0.15, -0.1) is 0 Å². The fraction of sp³-hybridized carbons (Fsp3) is 0.600. The van der Waals surface area contributed by atoms with Crippen molar-refractivity contribution in [2.24, 2.45) is 0 Å². The lowest BCUT2D eigenvalue weighted by atomic mass is 9.92. The molecule has 0 aliphatic carbocycles. The maximum Gasteiger partial charge on any atom is 0.416 e. The van der Waals surface area contributed by atoms with Crippen LogP contribution in [0.3, 0.4) is 0 Å². The molecule has 1 nitrogen and oxygen atoms in total. The van der Waals surface area contributed by atoms with Gasteiger partial charge in [0.15, 0.2) is 0 Å². The Kier molecular flexibility index (Phi) is 3.90. The second-order valence-corrected chi connectivity index (χ2v) is 5.88. The van der Waals surface area contributed by atoms with Crippen molar-refractivity contribution in [2.45, 2.75) is 44.8 Å². The number of hydrogen-bond donors (Lipinski definition) is 0. The first-order valence-electron chi connectivity index (χ1n) is 6.70. The number of nitrogens with zero attached hydrogens (tertiary/aromatic N) is 1. The molecule has 0 saturated carbocycles. The third-order valence-electron chi connectivity index (χ3n) is 3.85. The maximum absolute atomic E-state index is 12.7. The first-order valence-corrected chi connectivity index (χ1v) is 6.70. The van der Waals surface area contributed by atoms with Crippen molar-refractivity contribution < 1.29 is 13.2 Å². The molecule has 1 aliphatic rings. The predicted octanol–water partition coefficient (Wildman–Crippen LogP) is 4.12. The molecule has 4 heteroatoms. The van der Waals surface area contributed by atoms with E-state index in [-0.39, 0.29) is 5.54 Å². The van der Waals surface area contributed by atoms with E-state index in [4.69, 9.17) is 0 Å². The minimum absolute atomic E-state index is 0.0826. The molecule has 0 spiro atoms. The Morgan fingerprint density at radius 1 is 1.11 bits per heavy atom. The summed E-state index contributed by atoms with van der Waals surface area (Å²) in [5.74, 6) is 0. The molecular weight excluding hydrogens is 251 g/mol. The van der Waals surface area contributed by atoms with Crippen molar-refractivity contribution in [1.29, 1.82) is 0 Å². The molecule has 106 valence electrons. The van der Waals surface area contributed by atoms with Crippen LogP contribution in [-0.4, -0.2) is 23.5 Å². The molecule has 0 amide bonds. The number of hydrogen-bond acceptors (Lipinski definition) is 1. The zero-order valence-electron chi connectivity index (χ0n) is 11.4. The van der Waals surface area contributed by atoms with E-state index in [1.807, 2.05) is 0 Å². The molecule has 0 atom stereocenters. The predicted molar refractivity (Wildman–Crippen MR) is 70.0 cm³/mol. The van der Waals surface area contributed by atoms with E-state index >= 15 is 0 Å². The molecule has 1 aromatic carbocycles. The smallest absolute Gasteiger partial charge is 0.298 e. The van der Waals surface area contributed by atoms with Gasteiger partial charge in [-0.2, -0.15) is 13.2 Å². The van der Waals surface area contributed by atoms with Crippen LogP contribution in [0, 0.1) is 0 Å². The van der Waals surface area contributed by atoms with Crippen LogP contribution in [0.4, 0.5) is 13.2 Å². The molecule has 0 aromatic heterocycles. The lowest BCUT2D eigenvalue weighted by Crippen LogP contribution is -2.43. The minimum atomic E-state index is -4.26. The summed E-state index contributed by atoms with van der Waals surface area (Å²) in [6.45, 7) is 6.31. The summed E-state index contributed by atoms with van der Waals surface area (Å²) in [4.78, 5) is 2.37. The SMILES string of the molecule is CC(C)(Cc1cccc(C(F)(F)F)c1)N1CCCC1. The first-order chi connectivity index (χ1) is 8.79. The standard InChI is InChI=1S/C15H20F3N/c1-14(2,19-8-3-4-9-19)11-12-6-5-7-13(10-12)15(16,17)18/h5-7,10H,3-4,8-9,11H2,1-2H3. The second kappa shape index (κ2) is 5.16. The van der Waals surface area contributed by atoms with E-state index in [1.165, 1.54) is 25.0 Å². The summed E-state index contributed by atoms with van der Waals surface area (Å²) in [6.07, 6.45) is -1.23. The zero-order valence-corrected chi connectivity index (χ0v) is 11.4. The molecule has 1 aromatic rings. The third-order valence-corrected chi connectivity index (χ3v) is 3.85. The van der Waals surface area contributed by atoms with Crippen molar-refractivity contribution in [2.75, 3.05) is 13.1 Å². The van der Waals surface area contributed by atoms with Crippen LogP contribution in [0.2, 0.25) is 0 Å². The largest absolute Gasteiger partial charge is 0.416 e. The van der Waals surface area contributed by atoms with Crippen molar-refractivity contribution >= 4 is 0 Å². The van der Waals surface area contributed by atoms with Crippen LogP contribution in [0.25, 0.3) is 0 Å². The van der Waals surface area contributed by atoms with Gasteiger partial charge in [0, 0.05) is 5.54 Å². The van der Waals surface area contributed by atoms with Gasteiger partial charge in [0.1, 0.15) is 0 Å². The van der Waals surface area contributed by atoms with Crippen LogP contribution in [0.1, 0.15) is 37.8 Å². The van der Waals surface area contributed by atoms with Gasteiger partial charge in [0.25, 0.3) is 0 Å². The van der Waals surface area contributed by atoms with Gasteiger partial charge in [0.05, 0.1) is 5.56 Å². The van der Waals surface area contributed by atoms with Crippen molar-refractivity contribution in [3.8, 4) is 0 Å². The Balaban J connectivity index is 2.14. The van der Waals surface area contributed by atoms with E-state index in [2.05, 4.69) is 18.7 Å². The van der Waals surface area contributed by atoms with Crippen LogP contribution in [0.5, 0.6) is 0 Å². The molecule has 1 heterocycles. The Morgan fingerprint density at radius 3 is 2.32 bits per heavy atom. The van der Waals surface area contributed by atoms with Crippen molar-refractivity contribution in [1.82, 2.24) is 4.90 Å². The molecule has 1 saturated heterocycles. The van der Waals surface area contributed by atoms with Gasteiger partial charge in [0.2, 0.25) is 0 Å². The molecule has 0 unspecified atom stereocenters. The van der Waals surface area contributed by atoms with Crippen LogP contribution in [-0.2, 0) is 12.6 Å². The quantitative estimate of drug-likeness (QED) is 0.799. The topological polar surface area (TPSA) is 3.24 Å². The monoisotopic (exact) mass is 271 g/mol. The Hall–Kier alpha value is -1.03.